The molecule has 3 nitrogen and oxygen atoms in total. The highest BCUT2D eigenvalue weighted by atomic mass is 32.1. The van der Waals surface area contributed by atoms with Crippen molar-refractivity contribution in [1.82, 2.24) is 0 Å². The van der Waals surface area contributed by atoms with E-state index in [-0.39, 0.29) is 11.7 Å². The molecule has 1 aliphatic carbocycles. The molecule has 1 aromatic heterocycles. The fraction of sp³-hybridized carbons (Fsp3) is 0.217. The number of carbonyl (C=O) groups is 2. The highest BCUT2D eigenvalue weighted by molar-refractivity contribution is 7.17. The maximum Gasteiger partial charge on any atom is 0.256 e. The summed E-state index contributed by atoms with van der Waals surface area (Å²) in [5, 5.41) is 3.72. The van der Waals surface area contributed by atoms with Gasteiger partial charge in [-0.3, -0.25) is 9.59 Å². The molecule has 0 saturated heterocycles. The summed E-state index contributed by atoms with van der Waals surface area (Å²) >= 11 is 1.56. The molecule has 1 aliphatic rings. The van der Waals surface area contributed by atoms with Gasteiger partial charge in [0.05, 0.1) is 5.56 Å². The van der Waals surface area contributed by atoms with Crippen molar-refractivity contribution < 1.29 is 9.59 Å². The van der Waals surface area contributed by atoms with Gasteiger partial charge < -0.3 is 5.32 Å². The number of hydrogen-bond donors (Lipinski definition) is 1. The lowest BCUT2D eigenvalue weighted by Gasteiger charge is -2.13. The van der Waals surface area contributed by atoms with E-state index in [4.69, 9.17) is 0 Å². The van der Waals surface area contributed by atoms with E-state index in [1.807, 2.05) is 61.5 Å². The molecule has 1 amide bonds. The average Bonchev–Trinajstić information content (AvgIpc) is 3.06. The van der Waals surface area contributed by atoms with Gasteiger partial charge in [0.25, 0.3) is 5.91 Å². The maximum atomic E-state index is 13.2. The van der Waals surface area contributed by atoms with Crippen LogP contribution in [0.15, 0.2) is 54.6 Å². The summed E-state index contributed by atoms with van der Waals surface area (Å²) in [6.45, 7) is 1.92. The summed E-state index contributed by atoms with van der Waals surface area (Å²) < 4.78 is 0. The summed E-state index contributed by atoms with van der Waals surface area (Å²) in [6, 6.07) is 16.8. The van der Waals surface area contributed by atoms with E-state index in [9.17, 15) is 9.59 Å². The van der Waals surface area contributed by atoms with Crippen LogP contribution in [0.5, 0.6) is 0 Å². The number of anilines is 1. The highest BCUT2D eigenvalue weighted by Gasteiger charge is 2.27. The quantitative estimate of drug-likeness (QED) is 0.619. The van der Waals surface area contributed by atoms with Gasteiger partial charge in [0.2, 0.25) is 0 Å². The predicted octanol–water partition coefficient (Wildman–Crippen LogP) is 5.42. The van der Waals surface area contributed by atoms with Crippen LogP contribution in [0.2, 0.25) is 0 Å². The molecule has 0 spiro atoms. The van der Waals surface area contributed by atoms with Crippen molar-refractivity contribution in [2.75, 3.05) is 5.32 Å². The van der Waals surface area contributed by atoms with Gasteiger partial charge in [-0.25, -0.2) is 0 Å². The van der Waals surface area contributed by atoms with E-state index in [1.165, 1.54) is 4.88 Å². The van der Waals surface area contributed by atoms with Gasteiger partial charge in [-0.15, -0.1) is 11.3 Å². The van der Waals surface area contributed by atoms with Gasteiger partial charge in [0.1, 0.15) is 5.00 Å². The fourth-order valence-corrected chi connectivity index (χ4v) is 4.91. The standard InChI is InChI=1S/C23H21NO2S/c1-15-9-5-6-12-17(15)22(26)24-23-20(18-13-7-8-14-19(18)27-23)21(25)16-10-3-2-4-11-16/h2-6,9-12H,7-8,13-14H2,1H3,(H,24,26). The van der Waals surface area contributed by atoms with E-state index >= 15 is 0 Å². The normalized spacial score (nSPS) is 13.1. The van der Waals surface area contributed by atoms with Crippen LogP contribution in [0.25, 0.3) is 0 Å². The number of rotatable bonds is 4. The van der Waals surface area contributed by atoms with E-state index in [2.05, 4.69) is 5.32 Å². The molecule has 0 atom stereocenters. The number of amides is 1. The SMILES string of the molecule is Cc1ccccc1C(=O)Nc1sc2c(c1C(=O)c1ccccc1)CCCC2. The molecule has 1 N–H and O–H groups in total. The van der Waals surface area contributed by atoms with E-state index in [0.29, 0.717) is 21.7 Å². The molecule has 0 radical (unpaired) electrons. The van der Waals surface area contributed by atoms with Crippen molar-refractivity contribution in [2.24, 2.45) is 0 Å². The Balaban J connectivity index is 1.74. The predicted molar refractivity (Wildman–Crippen MR) is 110 cm³/mol. The van der Waals surface area contributed by atoms with Crippen molar-refractivity contribution >= 4 is 28.0 Å². The third-order valence-electron chi connectivity index (χ3n) is 5.05. The Morgan fingerprint density at radius 3 is 2.41 bits per heavy atom. The molecular weight excluding hydrogens is 354 g/mol. The molecule has 4 heteroatoms. The molecule has 0 bridgehead atoms. The summed E-state index contributed by atoms with van der Waals surface area (Å²) in [5.41, 5.74) is 4.03. The minimum Gasteiger partial charge on any atom is -0.313 e. The second-order valence-electron chi connectivity index (χ2n) is 6.88. The molecule has 27 heavy (non-hydrogen) atoms. The number of nitrogens with one attached hydrogen (secondary N) is 1. The Bertz CT molecular complexity index is 1000. The second-order valence-corrected chi connectivity index (χ2v) is 7.98. The maximum absolute atomic E-state index is 13.2. The topological polar surface area (TPSA) is 46.2 Å². The lowest BCUT2D eigenvalue weighted by atomic mass is 9.92. The monoisotopic (exact) mass is 375 g/mol. The second kappa shape index (κ2) is 7.49. The van der Waals surface area contributed by atoms with Crippen LogP contribution < -0.4 is 5.32 Å². The number of carbonyl (C=O) groups excluding carboxylic acids is 2. The average molecular weight is 375 g/mol. The number of hydrogen-bond acceptors (Lipinski definition) is 3. The Kier molecular flexibility index (Phi) is 4.90. The number of fused-ring (bicyclic) bond motifs is 1. The zero-order chi connectivity index (χ0) is 18.8. The lowest BCUT2D eigenvalue weighted by Crippen LogP contribution is -2.15. The van der Waals surface area contributed by atoms with Crippen molar-refractivity contribution in [3.63, 3.8) is 0 Å². The first-order valence-electron chi connectivity index (χ1n) is 9.26. The summed E-state index contributed by atoms with van der Waals surface area (Å²) in [6.07, 6.45) is 4.11. The van der Waals surface area contributed by atoms with E-state index < -0.39 is 0 Å². The van der Waals surface area contributed by atoms with Crippen LogP contribution in [-0.4, -0.2) is 11.7 Å². The van der Waals surface area contributed by atoms with Crippen molar-refractivity contribution in [2.45, 2.75) is 32.6 Å². The van der Waals surface area contributed by atoms with Crippen LogP contribution in [0.3, 0.4) is 0 Å². The molecule has 136 valence electrons. The zero-order valence-corrected chi connectivity index (χ0v) is 16.1. The number of ketones is 1. The highest BCUT2D eigenvalue weighted by Crippen LogP contribution is 2.39. The van der Waals surface area contributed by atoms with Gasteiger partial charge in [0.15, 0.2) is 5.78 Å². The molecule has 0 unspecified atom stereocenters. The van der Waals surface area contributed by atoms with Crippen molar-refractivity contribution in [1.29, 1.82) is 0 Å². The van der Waals surface area contributed by atoms with E-state index in [0.717, 1.165) is 36.8 Å². The van der Waals surface area contributed by atoms with Crippen LogP contribution in [0, 0.1) is 6.92 Å². The van der Waals surface area contributed by atoms with Crippen molar-refractivity contribution in [3.8, 4) is 0 Å². The molecule has 0 fully saturated rings. The minimum absolute atomic E-state index is 0.00455. The van der Waals surface area contributed by atoms with Crippen molar-refractivity contribution in [3.05, 3.63) is 87.3 Å². The fourth-order valence-electron chi connectivity index (χ4n) is 3.63. The molecule has 0 saturated carbocycles. The summed E-state index contributed by atoms with van der Waals surface area (Å²) in [7, 11) is 0. The largest absolute Gasteiger partial charge is 0.313 e. The molecule has 3 aromatic rings. The third kappa shape index (κ3) is 3.45. The molecule has 0 aliphatic heterocycles. The lowest BCUT2D eigenvalue weighted by molar-refractivity contribution is 0.102. The third-order valence-corrected chi connectivity index (χ3v) is 6.26. The Morgan fingerprint density at radius 1 is 0.926 bits per heavy atom. The number of thiophene rings is 1. The molecule has 2 aromatic carbocycles. The van der Waals surface area contributed by atoms with Gasteiger partial charge in [0, 0.05) is 16.0 Å². The number of aryl methyl sites for hydroxylation is 2. The Hall–Kier alpha value is -2.72. The first-order chi connectivity index (χ1) is 13.1. The first kappa shape index (κ1) is 17.7. The van der Waals surface area contributed by atoms with Gasteiger partial charge in [-0.2, -0.15) is 0 Å². The van der Waals surface area contributed by atoms with Crippen LogP contribution in [0.1, 0.15) is 55.1 Å². The van der Waals surface area contributed by atoms with Crippen LogP contribution in [-0.2, 0) is 12.8 Å². The van der Waals surface area contributed by atoms with E-state index in [1.54, 1.807) is 11.3 Å². The van der Waals surface area contributed by atoms with Gasteiger partial charge in [-0.05, 0) is 49.8 Å². The number of benzene rings is 2. The smallest absolute Gasteiger partial charge is 0.256 e. The Morgan fingerprint density at radius 2 is 1.63 bits per heavy atom. The van der Waals surface area contributed by atoms with Gasteiger partial charge in [-0.1, -0.05) is 48.5 Å². The minimum atomic E-state index is -0.159. The molecular formula is C23H21NO2S. The van der Waals surface area contributed by atoms with Crippen LogP contribution in [0.4, 0.5) is 5.00 Å². The summed E-state index contributed by atoms with van der Waals surface area (Å²) in [5.74, 6) is -0.163. The van der Waals surface area contributed by atoms with Gasteiger partial charge >= 0.3 is 0 Å². The van der Waals surface area contributed by atoms with Crippen LogP contribution >= 0.6 is 11.3 Å². The Labute approximate surface area is 163 Å². The molecule has 1 heterocycles. The molecule has 4 rings (SSSR count). The zero-order valence-electron chi connectivity index (χ0n) is 15.2. The first-order valence-corrected chi connectivity index (χ1v) is 10.1. The summed E-state index contributed by atoms with van der Waals surface area (Å²) in [4.78, 5) is 27.3.